The van der Waals surface area contributed by atoms with Crippen molar-refractivity contribution in [2.24, 2.45) is 0 Å². The first-order valence-corrected chi connectivity index (χ1v) is 15.2. The zero-order chi connectivity index (χ0) is 30.3. The summed E-state index contributed by atoms with van der Waals surface area (Å²) >= 11 is 0. The maximum absolute atomic E-state index is 14.8. The molecule has 0 aliphatic heterocycles. The van der Waals surface area contributed by atoms with Crippen LogP contribution in [0.2, 0.25) is 0 Å². The number of rotatable bonds is 12. The fraction of sp³-hybridized carbons (Fsp3) is 0.355. The number of nitrogens with one attached hydrogen (secondary N) is 1. The number of carbonyl (C=O) groups is 2. The summed E-state index contributed by atoms with van der Waals surface area (Å²) in [6.07, 6.45) is 3.70. The van der Waals surface area contributed by atoms with Crippen molar-refractivity contribution in [2.45, 2.75) is 56.1 Å². The summed E-state index contributed by atoms with van der Waals surface area (Å²) < 4.78 is 54.5. The molecule has 1 fully saturated rings. The lowest BCUT2D eigenvalue weighted by Crippen LogP contribution is -2.52. The molecule has 0 heterocycles. The first kappa shape index (κ1) is 30.8. The fourth-order valence-electron chi connectivity index (χ4n) is 5.01. The van der Waals surface area contributed by atoms with E-state index in [2.05, 4.69) is 5.32 Å². The largest absolute Gasteiger partial charge is 0.497 e. The lowest BCUT2D eigenvalue weighted by molar-refractivity contribution is -0.139. The Morgan fingerprint density at radius 2 is 1.64 bits per heavy atom. The zero-order valence-electron chi connectivity index (χ0n) is 24.0. The predicted molar refractivity (Wildman–Crippen MR) is 157 cm³/mol. The van der Waals surface area contributed by atoms with E-state index >= 15 is 0 Å². The van der Waals surface area contributed by atoms with Gasteiger partial charge in [-0.05, 0) is 50.1 Å². The van der Waals surface area contributed by atoms with E-state index in [0.717, 1.165) is 30.0 Å². The highest BCUT2D eigenvalue weighted by Gasteiger charge is 2.35. The fourth-order valence-corrected chi connectivity index (χ4v) is 6.45. The maximum atomic E-state index is 14.8. The van der Waals surface area contributed by atoms with Crippen LogP contribution in [0.1, 0.15) is 38.2 Å². The first-order chi connectivity index (χ1) is 20.1. The minimum Gasteiger partial charge on any atom is -0.497 e. The summed E-state index contributed by atoms with van der Waals surface area (Å²) in [6.45, 7) is 0.640. The van der Waals surface area contributed by atoms with E-state index < -0.39 is 34.3 Å². The molecule has 11 heteroatoms. The van der Waals surface area contributed by atoms with Gasteiger partial charge >= 0.3 is 0 Å². The Hall–Kier alpha value is -4.12. The van der Waals surface area contributed by atoms with Gasteiger partial charge in [0, 0.05) is 24.2 Å². The van der Waals surface area contributed by atoms with E-state index in [1.54, 1.807) is 43.3 Å². The molecule has 0 saturated heterocycles. The van der Waals surface area contributed by atoms with Crippen molar-refractivity contribution in [3.8, 4) is 11.5 Å². The average Bonchev–Trinajstić information content (AvgIpc) is 3.52. The second-order valence-electron chi connectivity index (χ2n) is 10.1. The number of hydrogen-bond acceptors (Lipinski definition) is 6. The molecule has 4 rings (SSSR count). The monoisotopic (exact) mass is 597 g/mol. The van der Waals surface area contributed by atoms with Crippen molar-refractivity contribution >= 4 is 27.5 Å². The molecule has 0 spiro atoms. The molecule has 9 nitrogen and oxygen atoms in total. The second-order valence-corrected chi connectivity index (χ2v) is 12.0. The quantitative estimate of drug-likeness (QED) is 0.329. The Balaban J connectivity index is 1.75. The van der Waals surface area contributed by atoms with Crippen LogP contribution in [-0.4, -0.2) is 58.0 Å². The number of anilines is 1. The molecule has 2 amide bonds. The molecule has 1 aliphatic rings. The maximum Gasteiger partial charge on any atom is 0.264 e. The van der Waals surface area contributed by atoms with Crippen LogP contribution in [0.5, 0.6) is 11.5 Å². The van der Waals surface area contributed by atoms with E-state index in [4.69, 9.17) is 9.47 Å². The molecule has 1 atom stereocenters. The van der Waals surface area contributed by atoms with Gasteiger partial charge in [0.15, 0.2) is 0 Å². The van der Waals surface area contributed by atoms with Gasteiger partial charge in [-0.2, -0.15) is 0 Å². The van der Waals surface area contributed by atoms with Crippen molar-refractivity contribution < 1.29 is 31.9 Å². The number of benzene rings is 3. The number of amides is 2. The highest BCUT2D eigenvalue weighted by molar-refractivity contribution is 7.92. The van der Waals surface area contributed by atoms with Crippen LogP contribution in [0.3, 0.4) is 0 Å². The number of sulfonamides is 1. The molecule has 3 aromatic rings. The van der Waals surface area contributed by atoms with Crippen molar-refractivity contribution in [3.63, 3.8) is 0 Å². The molecule has 1 N–H and O–H groups in total. The molecule has 0 aromatic heterocycles. The second kappa shape index (κ2) is 13.7. The van der Waals surface area contributed by atoms with Gasteiger partial charge in [-0.25, -0.2) is 12.8 Å². The van der Waals surface area contributed by atoms with Gasteiger partial charge in [-0.1, -0.05) is 49.2 Å². The van der Waals surface area contributed by atoms with E-state index in [1.165, 1.54) is 55.5 Å². The summed E-state index contributed by atoms with van der Waals surface area (Å²) in [5.74, 6) is -1.09. The van der Waals surface area contributed by atoms with Gasteiger partial charge < -0.3 is 19.7 Å². The topological polar surface area (TPSA) is 105 Å². The Kier molecular flexibility index (Phi) is 10.1. The normalized spacial score (nSPS) is 14.2. The third-order valence-corrected chi connectivity index (χ3v) is 9.21. The number of methoxy groups -OCH3 is 2. The number of ether oxygens (including phenoxy) is 2. The molecule has 0 radical (unpaired) electrons. The van der Waals surface area contributed by atoms with E-state index in [0.29, 0.717) is 5.75 Å². The van der Waals surface area contributed by atoms with Gasteiger partial charge in [0.25, 0.3) is 10.0 Å². The van der Waals surface area contributed by atoms with Gasteiger partial charge in [0.1, 0.15) is 29.9 Å². The minimum atomic E-state index is -4.31. The van der Waals surface area contributed by atoms with Crippen molar-refractivity contribution in [2.75, 3.05) is 25.1 Å². The SMILES string of the molecule is COc1ccc(OC)c(N(CC(=O)N(Cc2ccccc2F)[C@@H](C)C(=O)NC2CCCC2)S(=O)(=O)c2ccccc2)c1. The first-order valence-electron chi connectivity index (χ1n) is 13.8. The highest BCUT2D eigenvalue weighted by Crippen LogP contribution is 2.36. The van der Waals surface area contributed by atoms with Crippen LogP contribution >= 0.6 is 0 Å². The van der Waals surface area contributed by atoms with Crippen LogP contribution in [0.4, 0.5) is 10.1 Å². The number of carbonyl (C=O) groups excluding carboxylic acids is 2. The Bertz CT molecular complexity index is 1500. The van der Waals surface area contributed by atoms with Crippen molar-refractivity contribution in [1.82, 2.24) is 10.2 Å². The summed E-state index contributed by atoms with van der Waals surface area (Å²) in [5, 5.41) is 2.99. The standard InChI is InChI=1S/C31H36FN3O6S/c1-22(31(37)33-24-12-8-9-13-24)34(20-23-11-7-10-16-27(23)32)30(36)21-35(42(38,39)26-14-5-4-6-15-26)28-19-25(40-2)17-18-29(28)41-3/h4-7,10-11,14-19,22,24H,8-9,12-13,20-21H2,1-3H3,(H,33,37)/t22-/m0/s1. The zero-order valence-corrected chi connectivity index (χ0v) is 24.8. The van der Waals surface area contributed by atoms with Crippen molar-refractivity contribution in [1.29, 1.82) is 0 Å². The third-order valence-electron chi connectivity index (χ3n) is 7.43. The Labute approximate surface area is 246 Å². The lowest BCUT2D eigenvalue weighted by atomic mass is 10.1. The van der Waals surface area contributed by atoms with Gasteiger partial charge in [0.05, 0.1) is 24.8 Å². The molecule has 0 bridgehead atoms. The van der Waals surface area contributed by atoms with E-state index in [1.807, 2.05) is 0 Å². The van der Waals surface area contributed by atoms with Crippen molar-refractivity contribution in [3.05, 3.63) is 84.2 Å². The molecule has 224 valence electrons. The third kappa shape index (κ3) is 7.02. The van der Waals surface area contributed by atoms with E-state index in [9.17, 15) is 22.4 Å². The highest BCUT2D eigenvalue weighted by atomic mass is 32.2. The number of halogens is 1. The van der Waals surface area contributed by atoms with Crippen LogP contribution < -0.4 is 19.1 Å². The average molecular weight is 598 g/mol. The molecule has 3 aromatic carbocycles. The Morgan fingerprint density at radius 1 is 0.976 bits per heavy atom. The van der Waals surface area contributed by atoms with Gasteiger partial charge in [-0.3, -0.25) is 13.9 Å². The number of hydrogen-bond donors (Lipinski definition) is 1. The Morgan fingerprint density at radius 3 is 2.29 bits per heavy atom. The van der Waals surface area contributed by atoms with Crippen LogP contribution in [0.15, 0.2) is 77.7 Å². The molecular weight excluding hydrogens is 561 g/mol. The number of nitrogens with zero attached hydrogens (tertiary/aromatic N) is 2. The van der Waals surface area contributed by atoms with Crippen LogP contribution in [0.25, 0.3) is 0 Å². The van der Waals surface area contributed by atoms with Crippen LogP contribution in [-0.2, 0) is 26.2 Å². The van der Waals surface area contributed by atoms with Gasteiger partial charge in [-0.15, -0.1) is 0 Å². The summed E-state index contributed by atoms with van der Waals surface area (Å²) in [5.41, 5.74) is 0.269. The lowest BCUT2D eigenvalue weighted by Gasteiger charge is -2.33. The molecular formula is C31H36FN3O6S. The minimum absolute atomic E-state index is 0.00126. The summed E-state index contributed by atoms with van der Waals surface area (Å²) in [7, 11) is -1.48. The smallest absolute Gasteiger partial charge is 0.264 e. The molecule has 0 unspecified atom stereocenters. The summed E-state index contributed by atoms with van der Waals surface area (Å²) in [4.78, 5) is 28.6. The summed E-state index contributed by atoms with van der Waals surface area (Å²) in [6, 6.07) is 17.3. The molecule has 1 aliphatic carbocycles. The van der Waals surface area contributed by atoms with Crippen LogP contribution in [0, 0.1) is 5.82 Å². The van der Waals surface area contributed by atoms with Gasteiger partial charge in [0.2, 0.25) is 11.8 Å². The molecule has 42 heavy (non-hydrogen) atoms. The predicted octanol–water partition coefficient (Wildman–Crippen LogP) is 4.51. The van der Waals surface area contributed by atoms with E-state index in [-0.39, 0.29) is 40.4 Å². The molecule has 1 saturated carbocycles.